The van der Waals surface area contributed by atoms with Crippen LogP contribution in [-0.2, 0) is 18.3 Å². The van der Waals surface area contributed by atoms with Crippen molar-refractivity contribution >= 4 is 8.56 Å². The zero-order chi connectivity index (χ0) is 12.7. The summed E-state index contributed by atoms with van der Waals surface area (Å²) in [7, 11) is -2.26. The topological polar surface area (TPSA) is 40.2 Å². The molecule has 0 saturated carbocycles. The van der Waals surface area contributed by atoms with Crippen LogP contribution in [0.15, 0.2) is 0 Å². The van der Waals surface area contributed by atoms with Gasteiger partial charge in [-0.15, -0.1) is 0 Å². The highest BCUT2D eigenvalue weighted by Crippen LogP contribution is 2.34. The number of rotatable bonds is 4. The normalized spacial score (nSPS) is 42.2. The predicted octanol–water partition coefficient (Wildman–Crippen LogP) is 2.01. The molecular weight excluding hydrogens is 236 g/mol. The Bertz CT molecular complexity index is 280. The first-order valence-electron chi connectivity index (χ1n) is 6.42. The summed E-state index contributed by atoms with van der Waals surface area (Å²) in [4.78, 5) is 0. The molecule has 5 heteroatoms. The summed E-state index contributed by atoms with van der Waals surface area (Å²) in [5.74, 6) is 0. The van der Waals surface area contributed by atoms with Gasteiger partial charge in [0, 0.05) is 6.10 Å². The van der Waals surface area contributed by atoms with Crippen molar-refractivity contribution in [2.75, 3.05) is 13.2 Å². The number of ether oxygens (including phenoxy) is 2. The van der Waals surface area contributed by atoms with Crippen LogP contribution in [0.5, 0.6) is 0 Å². The van der Waals surface area contributed by atoms with Gasteiger partial charge in [-0.3, -0.25) is 0 Å². The van der Waals surface area contributed by atoms with Crippen molar-refractivity contribution in [2.24, 2.45) is 0 Å². The molecule has 0 amide bonds. The molecule has 0 aromatic carbocycles. The van der Waals surface area contributed by atoms with E-state index in [1.165, 1.54) is 0 Å². The van der Waals surface area contributed by atoms with Crippen LogP contribution in [0.2, 0.25) is 6.55 Å². The van der Waals surface area contributed by atoms with Gasteiger partial charge in [0.2, 0.25) is 0 Å². The van der Waals surface area contributed by atoms with E-state index in [9.17, 15) is 0 Å². The minimum atomic E-state index is -2.26. The van der Waals surface area contributed by atoms with Crippen molar-refractivity contribution in [3.05, 3.63) is 0 Å². The Kier molecular flexibility index (Phi) is 3.67. The Morgan fingerprint density at radius 1 is 1.47 bits per heavy atom. The van der Waals surface area contributed by atoms with Gasteiger partial charge in [0.05, 0.1) is 24.5 Å². The van der Waals surface area contributed by atoms with Crippen LogP contribution < -0.4 is 0 Å². The number of hydrogen-bond donors (Lipinski definition) is 0. The third kappa shape index (κ3) is 3.51. The fraction of sp³-hybridized carbons (Fsp3) is 1.00. The largest absolute Gasteiger partial charge is 0.390 e. The molecule has 2 heterocycles. The minimum Gasteiger partial charge on any atom is -0.390 e. The zero-order valence-electron chi connectivity index (χ0n) is 11.5. The third-order valence-corrected chi connectivity index (χ3v) is 6.84. The zero-order valence-corrected chi connectivity index (χ0v) is 12.5. The molecule has 0 bridgehead atoms. The van der Waals surface area contributed by atoms with Crippen LogP contribution in [-0.4, -0.2) is 45.3 Å². The van der Waals surface area contributed by atoms with Crippen molar-refractivity contribution in [3.63, 3.8) is 0 Å². The van der Waals surface area contributed by atoms with Gasteiger partial charge in [-0.25, -0.2) is 0 Å². The summed E-state index contributed by atoms with van der Waals surface area (Å²) in [5, 5.41) is 0. The molecule has 2 fully saturated rings. The Balaban J connectivity index is 1.94. The van der Waals surface area contributed by atoms with E-state index in [0.29, 0.717) is 12.7 Å². The summed E-state index contributed by atoms with van der Waals surface area (Å²) in [6.45, 7) is 12.0. The highest BCUT2D eigenvalue weighted by molar-refractivity contribution is 6.67. The molecule has 17 heavy (non-hydrogen) atoms. The molecule has 0 N–H and O–H groups in total. The van der Waals surface area contributed by atoms with Crippen molar-refractivity contribution in [1.82, 2.24) is 0 Å². The van der Waals surface area contributed by atoms with E-state index in [0.717, 1.165) is 13.0 Å². The second-order valence-electron chi connectivity index (χ2n) is 5.94. The molecule has 100 valence electrons. The number of epoxide rings is 1. The van der Waals surface area contributed by atoms with E-state index < -0.39 is 8.56 Å². The van der Waals surface area contributed by atoms with Gasteiger partial charge in [-0.2, -0.15) is 0 Å². The van der Waals surface area contributed by atoms with Crippen molar-refractivity contribution in [2.45, 2.75) is 64.2 Å². The van der Waals surface area contributed by atoms with Crippen LogP contribution >= 0.6 is 0 Å². The third-order valence-electron chi connectivity index (χ3n) is 3.37. The van der Waals surface area contributed by atoms with Gasteiger partial charge in [0.1, 0.15) is 6.10 Å². The Morgan fingerprint density at radius 2 is 2.12 bits per heavy atom. The predicted molar refractivity (Wildman–Crippen MR) is 67.1 cm³/mol. The molecule has 0 aromatic heterocycles. The van der Waals surface area contributed by atoms with Crippen LogP contribution in [0.3, 0.4) is 0 Å². The summed E-state index contributed by atoms with van der Waals surface area (Å²) in [6.07, 6.45) is 1.48. The lowest BCUT2D eigenvalue weighted by Crippen LogP contribution is -2.61. The Hall–Kier alpha value is 0.0569. The number of hydrogen-bond acceptors (Lipinski definition) is 4. The summed E-state index contributed by atoms with van der Waals surface area (Å²) < 4.78 is 23.3. The maximum absolute atomic E-state index is 6.20. The van der Waals surface area contributed by atoms with Crippen LogP contribution in [0.25, 0.3) is 0 Å². The summed E-state index contributed by atoms with van der Waals surface area (Å²) in [6, 6.07) is 0. The Labute approximate surface area is 105 Å². The van der Waals surface area contributed by atoms with E-state index in [1.54, 1.807) is 0 Å². The average Bonchev–Trinajstić information content (AvgIpc) is 2.93. The van der Waals surface area contributed by atoms with Crippen LogP contribution in [0.4, 0.5) is 0 Å². The van der Waals surface area contributed by atoms with E-state index in [2.05, 4.69) is 34.2 Å². The standard InChI is InChI=1S/C12H24O4Si/c1-9-6-12(3,4)16-17(5,15-9)10(2)13-7-11-8-14-11/h9-11H,6-8H2,1-5H3. The average molecular weight is 260 g/mol. The molecule has 0 spiro atoms. The van der Waals surface area contributed by atoms with E-state index in [4.69, 9.17) is 18.3 Å². The molecular formula is C12H24O4Si. The first-order valence-corrected chi connectivity index (χ1v) is 8.81. The quantitative estimate of drug-likeness (QED) is 0.572. The SMILES string of the molecule is CC1CC(C)(C)O[Si](C)(C(C)OCC2CO2)O1. The van der Waals surface area contributed by atoms with Gasteiger partial charge < -0.3 is 18.3 Å². The maximum atomic E-state index is 6.20. The van der Waals surface area contributed by atoms with Gasteiger partial charge >= 0.3 is 8.56 Å². The van der Waals surface area contributed by atoms with Gasteiger partial charge in [0.25, 0.3) is 0 Å². The monoisotopic (exact) mass is 260 g/mol. The van der Waals surface area contributed by atoms with Crippen LogP contribution in [0, 0.1) is 0 Å². The molecule has 4 nitrogen and oxygen atoms in total. The molecule has 0 aromatic rings. The minimum absolute atomic E-state index is 0.0359. The second-order valence-corrected chi connectivity index (χ2v) is 9.23. The first kappa shape index (κ1) is 13.5. The molecule has 2 saturated heterocycles. The highest BCUT2D eigenvalue weighted by Gasteiger charge is 2.49. The lowest BCUT2D eigenvalue weighted by atomic mass is 10.0. The van der Waals surface area contributed by atoms with Crippen LogP contribution in [0.1, 0.15) is 34.1 Å². The van der Waals surface area contributed by atoms with Crippen molar-refractivity contribution in [1.29, 1.82) is 0 Å². The lowest BCUT2D eigenvalue weighted by Gasteiger charge is -2.46. The molecule has 2 rings (SSSR count). The van der Waals surface area contributed by atoms with Gasteiger partial charge in [0.15, 0.2) is 0 Å². The summed E-state index contributed by atoms with van der Waals surface area (Å²) in [5.41, 5.74) is -0.0690. The fourth-order valence-corrected chi connectivity index (χ4v) is 5.36. The highest BCUT2D eigenvalue weighted by atomic mass is 28.4. The van der Waals surface area contributed by atoms with Gasteiger partial charge in [-0.05, 0) is 40.7 Å². The fourth-order valence-electron chi connectivity index (χ4n) is 2.49. The molecule has 0 radical (unpaired) electrons. The molecule has 4 atom stereocenters. The van der Waals surface area contributed by atoms with Crippen molar-refractivity contribution in [3.8, 4) is 0 Å². The lowest BCUT2D eigenvalue weighted by molar-refractivity contribution is -0.0678. The van der Waals surface area contributed by atoms with E-state index in [1.807, 2.05) is 0 Å². The molecule has 0 aliphatic carbocycles. The smallest absolute Gasteiger partial charge is 0.365 e. The molecule has 4 unspecified atom stereocenters. The molecule has 2 aliphatic heterocycles. The Morgan fingerprint density at radius 3 is 2.65 bits per heavy atom. The maximum Gasteiger partial charge on any atom is 0.365 e. The van der Waals surface area contributed by atoms with Gasteiger partial charge in [-0.1, -0.05) is 0 Å². The van der Waals surface area contributed by atoms with E-state index >= 15 is 0 Å². The van der Waals surface area contributed by atoms with Crippen molar-refractivity contribution < 1.29 is 18.3 Å². The first-order chi connectivity index (χ1) is 7.81. The van der Waals surface area contributed by atoms with E-state index in [-0.39, 0.29) is 17.4 Å². The summed E-state index contributed by atoms with van der Waals surface area (Å²) >= 11 is 0. The molecule has 2 aliphatic rings. The second kappa shape index (κ2) is 4.62.